The number of fused-ring (bicyclic) bond motifs is 2. The van der Waals surface area contributed by atoms with Crippen LogP contribution in [-0.4, -0.2) is 32.4 Å². The molecule has 4 N–H and O–H groups in total. The Kier molecular flexibility index (Phi) is 4.30. The van der Waals surface area contributed by atoms with Crippen LogP contribution < -0.4 is 5.22 Å². The summed E-state index contributed by atoms with van der Waals surface area (Å²) in [4.78, 5) is 24.0. The first kappa shape index (κ1) is 19.6. The third kappa shape index (κ3) is 2.46. The molecule has 0 amide bonds. The minimum absolute atomic E-state index is 0.0393. The maximum absolute atomic E-state index is 12.0. The number of halogens is 2. The van der Waals surface area contributed by atoms with Crippen molar-refractivity contribution >= 4 is 95.0 Å². The van der Waals surface area contributed by atoms with Crippen molar-refractivity contribution in [1.82, 2.24) is 0 Å². The molecular weight excluding hydrogens is 614 g/mol. The summed E-state index contributed by atoms with van der Waals surface area (Å²) in [5.74, 6) is -2.40. The first-order valence-electron chi connectivity index (χ1n) is 8.91. The number of carbonyl (C=O) groups is 2. The van der Waals surface area contributed by atoms with Gasteiger partial charge in [-0.05, 0) is 68.9 Å². The number of rotatable bonds is 2. The highest BCUT2D eigenvalue weighted by molar-refractivity contribution is 14.1. The third-order valence-corrected chi connectivity index (χ3v) is 7.63. The summed E-state index contributed by atoms with van der Waals surface area (Å²) in [5.41, 5.74) is 0.867. The molecule has 0 aromatic heterocycles. The number of alkyl halides is 1. The van der Waals surface area contributed by atoms with E-state index in [1.54, 1.807) is 18.2 Å². The summed E-state index contributed by atoms with van der Waals surface area (Å²) in [5, 5.41) is 44.7. The van der Waals surface area contributed by atoms with Gasteiger partial charge in [-0.15, -0.1) is 0 Å². The zero-order valence-corrected chi connectivity index (χ0v) is 19.3. The van der Waals surface area contributed by atoms with Crippen LogP contribution >= 0.6 is 45.2 Å². The van der Waals surface area contributed by atoms with Crippen LogP contribution in [0.1, 0.15) is 26.3 Å². The highest BCUT2D eigenvalue weighted by Gasteiger charge is 2.31. The summed E-state index contributed by atoms with van der Waals surface area (Å²) >= 11 is 4.28. The second-order valence-corrected chi connectivity index (χ2v) is 9.89. The lowest BCUT2D eigenvalue weighted by Crippen LogP contribution is -2.27. The molecule has 0 saturated carbocycles. The molecule has 1 unspecified atom stereocenters. The number of carboxylic acids is 2. The molecule has 1 aliphatic rings. The van der Waals surface area contributed by atoms with Gasteiger partial charge in [-0.3, -0.25) is 0 Å². The van der Waals surface area contributed by atoms with Crippen LogP contribution in [0.4, 0.5) is 0 Å². The predicted octanol–water partition coefficient (Wildman–Crippen LogP) is 4.69. The van der Waals surface area contributed by atoms with E-state index in [0.29, 0.717) is 21.5 Å². The number of aromatic hydroxyl groups is 2. The van der Waals surface area contributed by atoms with Gasteiger partial charge >= 0.3 is 11.9 Å². The quantitative estimate of drug-likeness (QED) is 0.111. The standard InChI is InChI=1S/C22H12I2O6/c23-11-5-10(22(29)30)15-9(21(27)28)2-1-7-17-12(24)6-14(26)20-13(25)4-3-8(19(17)20)16(11)18(7)15/h1-4,6,11,25-26H,5H2,(H,27,28)(H,29,30). The minimum atomic E-state index is -1.18. The van der Waals surface area contributed by atoms with Crippen molar-refractivity contribution in [1.29, 1.82) is 0 Å². The van der Waals surface area contributed by atoms with Gasteiger partial charge in [0, 0.05) is 29.1 Å². The van der Waals surface area contributed by atoms with Crippen molar-refractivity contribution in [3.8, 4) is 11.5 Å². The Morgan fingerprint density at radius 2 is 1.57 bits per heavy atom. The second-order valence-electron chi connectivity index (χ2n) is 7.22. The number of aliphatic carboxylic acids is 1. The van der Waals surface area contributed by atoms with Gasteiger partial charge in [0.1, 0.15) is 11.5 Å². The van der Waals surface area contributed by atoms with Crippen LogP contribution in [0.5, 0.6) is 11.5 Å². The lowest BCUT2D eigenvalue weighted by molar-refractivity contribution is -0.130. The maximum atomic E-state index is 12.0. The molecule has 4 aromatic carbocycles. The molecule has 30 heavy (non-hydrogen) atoms. The Morgan fingerprint density at radius 3 is 2.23 bits per heavy atom. The van der Waals surface area contributed by atoms with E-state index in [0.717, 1.165) is 19.9 Å². The van der Waals surface area contributed by atoms with E-state index >= 15 is 0 Å². The molecule has 0 aliphatic heterocycles. The summed E-state index contributed by atoms with van der Waals surface area (Å²) in [7, 11) is 0. The van der Waals surface area contributed by atoms with E-state index < -0.39 is 11.9 Å². The number of benzene rings is 4. The Balaban J connectivity index is 2.24. The van der Waals surface area contributed by atoms with Crippen molar-refractivity contribution in [3.63, 3.8) is 0 Å². The zero-order chi connectivity index (χ0) is 21.5. The number of hydrogen-bond donors (Lipinski definition) is 4. The lowest BCUT2D eigenvalue weighted by Gasteiger charge is -2.25. The first-order chi connectivity index (χ1) is 14.2. The normalized spacial score (nSPS) is 15.9. The molecule has 150 valence electrons. The van der Waals surface area contributed by atoms with Crippen LogP contribution in [0.15, 0.2) is 30.3 Å². The number of carboxylic acid groups (broad SMARTS) is 2. The number of hydrogen-bond acceptors (Lipinski definition) is 4. The highest BCUT2D eigenvalue weighted by atomic mass is 127. The van der Waals surface area contributed by atoms with E-state index in [9.17, 15) is 30.0 Å². The van der Waals surface area contributed by atoms with E-state index in [4.69, 9.17) is 0 Å². The first-order valence-corrected chi connectivity index (χ1v) is 11.2. The minimum Gasteiger partial charge on any atom is -0.507 e. The molecule has 0 heterocycles. The lowest BCUT2D eigenvalue weighted by atomic mass is 9.82. The monoisotopic (exact) mass is 626 g/mol. The predicted molar refractivity (Wildman–Crippen MR) is 130 cm³/mol. The Morgan fingerprint density at radius 1 is 0.867 bits per heavy atom. The molecule has 5 rings (SSSR count). The van der Waals surface area contributed by atoms with Gasteiger partial charge in [-0.2, -0.15) is 0 Å². The average Bonchev–Trinajstić information content (AvgIpc) is 2.67. The van der Waals surface area contributed by atoms with Gasteiger partial charge in [0.15, 0.2) is 0 Å². The molecule has 6 nitrogen and oxygen atoms in total. The fraction of sp³-hybridized carbons (Fsp3) is 0.0909. The summed E-state index contributed by atoms with van der Waals surface area (Å²) < 4.78 is 0.506. The molecule has 1 atom stereocenters. The zero-order valence-electron chi connectivity index (χ0n) is 15.0. The van der Waals surface area contributed by atoms with Gasteiger partial charge in [-0.25, -0.2) is 9.59 Å². The van der Waals surface area contributed by atoms with Crippen molar-refractivity contribution in [3.05, 3.63) is 50.2 Å². The van der Waals surface area contributed by atoms with E-state index in [-0.39, 0.29) is 38.2 Å². The smallest absolute Gasteiger partial charge is 0.336 e. The maximum Gasteiger partial charge on any atom is 0.336 e. The average molecular weight is 626 g/mol. The van der Waals surface area contributed by atoms with Gasteiger partial charge in [0.25, 0.3) is 0 Å². The Bertz CT molecular complexity index is 1520. The molecule has 0 saturated heterocycles. The number of aromatic carboxylic acids is 1. The van der Waals surface area contributed by atoms with Gasteiger partial charge in [0.2, 0.25) is 0 Å². The SMILES string of the molecule is O=C(O)C1=c2c(C(=O)O)ccc3c2c(c2ccc(O)c4c(O)cc(I)c3c24)C(I)C1. The molecule has 8 heteroatoms. The Hall–Kier alpha value is -2.34. The molecule has 0 radical (unpaired) electrons. The summed E-state index contributed by atoms with van der Waals surface area (Å²) in [6.45, 7) is 0. The summed E-state index contributed by atoms with van der Waals surface area (Å²) in [6, 6.07) is 7.94. The van der Waals surface area contributed by atoms with E-state index in [1.165, 1.54) is 12.1 Å². The summed E-state index contributed by atoms with van der Waals surface area (Å²) in [6.07, 6.45) is 0.176. The third-order valence-electron chi connectivity index (χ3n) is 5.71. The van der Waals surface area contributed by atoms with Crippen molar-refractivity contribution in [2.75, 3.05) is 0 Å². The number of phenols is 2. The van der Waals surface area contributed by atoms with Crippen molar-refractivity contribution in [2.24, 2.45) is 0 Å². The fourth-order valence-electron chi connectivity index (χ4n) is 4.60. The number of phenolic OH excluding ortho intramolecular Hbond substituents is 2. The van der Waals surface area contributed by atoms with Crippen molar-refractivity contribution in [2.45, 2.75) is 10.3 Å². The second kappa shape index (κ2) is 6.58. The van der Waals surface area contributed by atoms with Crippen LogP contribution in [0.2, 0.25) is 0 Å². The van der Waals surface area contributed by atoms with E-state index in [2.05, 4.69) is 45.2 Å². The molecular formula is C22H12I2O6. The molecule has 0 bridgehead atoms. The van der Waals surface area contributed by atoms with Crippen LogP contribution in [0, 0.1) is 3.57 Å². The fourth-order valence-corrected chi connectivity index (χ4v) is 6.54. The molecule has 0 spiro atoms. The van der Waals surface area contributed by atoms with E-state index in [1.807, 2.05) is 0 Å². The van der Waals surface area contributed by atoms with Crippen LogP contribution in [-0.2, 0) is 4.79 Å². The van der Waals surface area contributed by atoms with Gasteiger partial charge in [-0.1, -0.05) is 34.7 Å². The van der Waals surface area contributed by atoms with Crippen LogP contribution in [0.25, 0.3) is 37.9 Å². The molecule has 4 aromatic rings. The van der Waals surface area contributed by atoms with Gasteiger partial charge < -0.3 is 20.4 Å². The topological polar surface area (TPSA) is 115 Å². The van der Waals surface area contributed by atoms with Gasteiger partial charge in [0.05, 0.1) is 10.9 Å². The Labute approximate surface area is 196 Å². The van der Waals surface area contributed by atoms with Crippen molar-refractivity contribution < 1.29 is 30.0 Å². The largest absolute Gasteiger partial charge is 0.507 e. The highest BCUT2D eigenvalue weighted by Crippen LogP contribution is 2.49. The van der Waals surface area contributed by atoms with Crippen LogP contribution in [0.3, 0.4) is 0 Å². The molecule has 0 fully saturated rings. The molecule has 1 aliphatic carbocycles.